The number of rotatable bonds is 8. The van der Waals surface area contributed by atoms with E-state index in [2.05, 4.69) is 84.2 Å². The van der Waals surface area contributed by atoms with Crippen molar-refractivity contribution in [3.05, 3.63) is 102 Å². The van der Waals surface area contributed by atoms with E-state index in [-0.39, 0.29) is 0 Å². The van der Waals surface area contributed by atoms with Crippen molar-refractivity contribution in [2.24, 2.45) is 0 Å². The average Bonchev–Trinajstić information content (AvgIpc) is 2.65. The van der Waals surface area contributed by atoms with Crippen LogP contribution in [0, 0.1) is 0 Å². The predicted octanol–water partition coefficient (Wildman–Crippen LogP) is 5.52. The fraction of sp³-hybridized carbons (Fsp3) is 0.217. The van der Waals surface area contributed by atoms with Crippen LogP contribution in [0.25, 0.3) is 0 Å². The van der Waals surface area contributed by atoms with Crippen molar-refractivity contribution in [2.75, 3.05) is 11.9 Å². The summed E-state index contributed by atoms with van der Waals surface area (Å²) in [5.41, 5.74) is 5.45. The molecular formula is C23H25N. The molecule has 0 unspecified atom stereocenters. The van der Waals surface area contributed by atoms with Crippen LogP contribution in [-0.4, -0.2) is 6.54 Å². The van der Waals surface area contributed by atoms with Crippen LogP contribution in [0.2, 0.25) is 0 Å². The number of benzene rings is 3. The predicted molar refractivity (Wildman–Crippen MR) is 104 cm³/mol. The third-order valence-electron chi connectivity index (χ3n) is 4.31. The van der Waals surface area contributed by atoms with Crippen molar-refractivity contribution in [2.45, 2.75) is 25.7 Å². The number of aryl methyl sites for hydroxylation is 2. The lowest BCUT2D eigenvalue weighted by molar-refractivity contribution is 0.820. The fourth-order valence-corrected chi connectivity index (χ4v) is 2.92. The number of hydrogen-bond donors (Lipinski definition) is 1. The fourth-order valence-electron chi connectivity index (χ4n) is 2.92. The van der Waals surface area contributed by atoms with Gasteiger partial charge in [0.15, 0.2) is 0 Å². The molecule has 1 heteroatoms. The van der Waals surface area contributed by atoms with E-state index in [1.54, 1.807) is 0 Å². The maximum Gasteiger partial charge on any atom is 0.0340 e. The molecule has 0 fully saturated rings. The van der Waals surface area contributed by atoms with Crippen molar-refractivity contribution in [1.29, 1.82) is 0 Å². The smallest absolute Gasteiger partial charge is 0.0340 e. The van der Waals surface area contributed by atoms with Crippen LogP contribution in [0.3, 0.4) is 0 Å². The molecule has 0 aromatic heterocycles. The van der Waals surface area contributed by atoms with Crippen LogP contribution in [0.5, 0.6) is 0 Å². The molecule has 0 aliphatic heterocycles. The average molecular weight is 315 g/mol. The summed E-state index contributed by atoms with van der Waals surface area (Å²) >= 11 is 0. The van der Waals surface area contributed by atoms with E-state index in [4.69, 9.17) is 0 Å². The van der Waals surface area contributed by atoms with Crippen molar-refractivity contribution in [1.82, 2.24) is 0 Å². The van der Waals surface area contributed by atoms with Gasteiger partial charge in [0.2, 0.25) is 0 Å². The van der Waals surface area contributed by atoms with E-state index in [0.29, 0.717) is 0 Å². The van der Waals surface area contributed by atoms with Gasteiger partial charge < -0.3 is 5.32 Å². The maximum atomic E-state index is 3.46. The standard InChI is InChI=1S/C23H25N/c1-3-8-20(9-4-1)10-7-11-21-14-16-22(17-15-21)18-19-24-23-12-5-2-6-13-23/h1-6,8-9,12-17,24H,7,10-11,18-19H2. The van der Waals surface area contributed by atoms with Gasteiger partial charge in [-0.05, 0) is 54.5 Å². The Hall–Kier alpha value is -2.54. The molecule has 1 nitrogen and oxygen atoms in total. The Balaban J connectivity index is 1.40. The second-order valence-corrected chi connectivity index (χ2v) is 6.20. The molecule has 0 saturated carbocycles. The molecule has 0 atom stereocenters. The third kappa shape index (κ3) is 5.27. The molecule has 0 amide bonds. The zero-order chi connectivity index (χ0) is 16.5. The SMILES string of the molecule is c1ccc(CCCc2ccc(CCNc3ccccc3)cc2)cc1. The lowest BCUT2D eigenvalue weighted by atomic mass is 10.0. The number of anilines is 1. The number of hydrogen-bond acceptors (Lipinski definition) is 1. The van der Waals surface area contributed by atoms with Crippen LogP contribution in [0.1, 0.15) is 23.1 Å². The van der Waals surface area contributed by atoms with E-state index in [9.17, 15) is 0 Å². The van der Waals surface area contributed by atoms with Crippen molar-refractivity contribution < 1.29 is 0 Å². The zero-order valence-corrected chi connectivity index (χ0v) is 14.1. The van der Waals surface area contributed by atoms with Crippen LogP contribution in [-0.2, 0) is 19.3 Å². The number of nitrogens with one attached hydrogen (secondary N) is 1. The Morgan fingerprint density at radius 3 is 1.62 bits per heavy atom. The quantitative estimate of drug-likeness (QED) is 0.577. The van der Waals surface area contributed by atoms with Gasteiger partial charge in [0.25, 0.3) is 0 Å². The maximum absolute atomic E-state index is 3.46. The molecular weight excluding hydrogens is 290 g/mol. The van der Waals surface area contributed by atoms with Gasteiger partial charge in [0, 0.05) is 12.2 Å². The second-order valence-electron chi connectivity index (χ2n) is 6.20. The van der Waals surface area contributed by atoms with Gasteiger partial charge in [0.05, 0.1) is 0 Å². The summed E-state index contributed by atoms with van der Waals surface area (Å²) < 4.78 is 0. The van der Waals surface area contributed by atoms with Gasteiger partial charge in [0.1, 0.15) is 0 Å². The minimum absolute atomic E-state index is 0.970. The molecule has 3 aromatic carbocycles. The van der Waals surface area contributed by atoms with E-state index in [1.165, 1.54) is 28.8 Å². The first kappa shape index (κ1) is 16.3. The molecule has 0 radical (unpaired) electrons. The Labute approximate surface area is 145 Å². The minimum Gasteiger partial charge on any atom is -0.385 e. The molecule has 122 valence electrons. The molecule has 3 rings (SSSR count). The van der Waals surface area contributed by atoms with Gasteiger partial charge in [-0.2, -0.15) is 0 Å². The Morgan fingerprint density at radius 2 is 1.00 bits per heavy atom. The summed E-state index contributed by atoms with van der Waals surface area (Å²) in [6.45, 7) is 0.970. The van der Waals surface area contributed by atoms with Crippen LogP contribution < -0.4 is 5.32 Å². The summed E-state index contributed by atoms with van der Waals surface area (Å²) in [5.74, 6) is 0. The van der Waals surface area contributed by atoms with E-state index >= 15 is 0 Å². The van der Waals surface area contributed by atoms with Gasteiger partial charge in [-0.1, -0.05) is 72.8 Å². The summed E-state index contributed by atoms with van der Waals surface area (Å²) in [7, 11) is 0. The van der Waals surface area contributed by atoms with Crippen LogP contribution >= 0.6 is 0 Å². The summed E-state index contributed by atoms with van der Waals surface area (Å²) in [6, 6.07) is 30.2. The first-order valence-corrected chi connectivity index (χ1v) is 8.81. The third-order valence-corrected chi connectivity index (χ3v) is 4.31. The molecule has 0 saturated heterocycles. The zero-order valence-electron chi connectivity index (χ0n) is 14.1. The molecule has 1 N–H and O–H groups in total. The summed E-state index contributed by atoms with van der Waals surface area (Å²) in [5, 5.41) is 3.46. The summed E-state index contributed by atoms with van der Waals surface area (Å²) in [4.78, 5) is 0. The number of para-hydroxylation sites is 1. The van der Waals surface area contributed by atoms with E-state index in [1.807, 2.05) is 6.07 Å². The van der Waals surface area contributed by atoms with E-state index < -0.39 is 0 Å². The van der Waals surface area contributed by atoms with E-state index in [0.717, 1.165) is 25.8 Å². The molecule has 0 aliphatic rings. The highest BCUT2D eigenvalue weighted by Crippen LogP contribution is 2.11. The molecule has 3 aromatic rings. The second kappa shape index (κ2) is 8.93. The Kier molecular flexibility index (Phi) is 6.07. The van der Waals surface area contributed by atoms with Crippen LogP contribution in [0.15, 0.2) is 84.9 Å². The Morgan fingerprint density at radius 1 is 0.500 bits per heavy atom. The first-order valence-electron chi connectivity index (χ1n) is 8.81. The topological polar surface area (TPSA) is 12.0 Å². The van der Waals surface area contributed by atoms with Gasteiger partial charge >= 0.3 is 0 Å². The van der Waals surface area contributed by atoms with Crippen molar-refractivity contribution in [3.63, 3.8) is 0 Å². The molecule has 24 heavy (non-hydrogen) atoms. The first-order chi connectivity index (χ1) is 11.9. The van der Waals surface area contributed by atoms with Crippen LogP contribution in [0.4, 0.5) is 5.69 Å². The Bertz CT molecular complexity index is 638. The molecule has 0 aliphatic carbocycles. The molecule has 0 heterocycles. The highest BCUT2D eigenvalue weighted by atomic mass is 14.9. The largest absolute Gasteiger partial charge is 0.385 e. The molecule has 0 spiro atoms. The van der Waals surface area contributed by atoms with Crippen molar-refractivity contribution >= 4 is 5.69 Å². The highest BCUT2D eigenvalue weighted by molar-refractivity contribution is 5.42. The minimum atomic E-state index is 0.970. The molecule has 0 bridgehead atoms. The van der Waals surface area contributed by atoms with Crippen molar-refractivity contribution in [3.8, 4) is 0 Å². The lowest BCUT2D eigenvalue weighted by Crippen LogP contribution is -2.04. The van der Waals surface area contributed by atoms with Gasteiger partial charge in [-0.3, -0.25) is 0 Å². The highest BCUT2D eigenvalue weighted by Gasteiger charge is 1.98. The normalized spacial score (nSPS) is 10.5. The lowest BCUT2D eigenvalue weighted by Gasteiger charge is -2.07. The monoisotopic (exact) mass is 315 g/mol. The van der Waals surface area contributed by atoms with Gasteiger partial charge in [-0.15, -0.1) is 0 Å². The van der Waals surface area contributed by atoms with Gasteiger partial charge in [-0.25, -0.2) is 0 Å². The summed E-state index contributed by atoms with van der Waals surface area (Å²) in [6.07, 6.45) is 4.57.